The average molecular weight is 302 g/mol. The Balaban J connectivity index is 2.39. The molecule has 1 atom stereocenters. The van der Waals surface area contributed by atoms with Crippen LogP contribution in [-0.4, -0.2) is 68.1 Å². The monoisotopic (exact) mass is 302 g/mol. The van der Waals surface area contributed by atoms with Crippen LogP contribution in [0, 0.1) is 0 Å². The smallest absolute Gasteiger partial charge is 0.407 e. The van der Waals surface area contributed by atoms with Gasteiger partial charge in [0.15, 0.2) is 8.32 Å². The minimum Gasteiger partial charge on any atom is -0.465 e. The van der Waals surface area contributed by atoms with Crippen molar-refractivity contribution < 1.29 is 14.3 Å². The standard InChI is InChI=1S/C14H30N2O3Si/c1-12-11-16(13(17)18)8-7-15(12)9-10-19-20(5,6)14(2,3)4/h12H,7-11H2,1-6H3,(H,17,18)/t12-/m1/s1. The highest BCUT2D eigenvalue weighted by Gasteiger charge is 2.37. The average Bonchev–Trinajstić information content (AvgIpc) is 2.29. The molecule has 0 unspecified atom stereocenters. The molecule has 0 aromatic rings. The molecule has 0 aliphatic carbocycles. The molecule has 0 spiro atoms. The van der Waals surface area contributed by atoms with Crippen LogP contribution in [-0.2, 0) is 4.43 Å². The molecular weight excluding hydrogens is 272 g/mol. The first kappa shape index (κ1) is 17.5. The summed E-state index contributed by atoms with van der Waals surface area (Å²) in [7, 11) is -1.67. The van der Waals surface area contributed by atoms with E-state index in [1.165, 1.54) is 4.90 Å². The molecule has 1 aliphatic heterocycles. The Bertz CT molecular complexity index is 342. The van der Waals surface area contributed by atoms with E-state index in [2.05, 4.69) is 45.7 Å². The summed E-state index contributed by atoms with van der Waals surface area (Å²) in [4.78, 5) is 14.8. The summed E-state index contributed by atoms with van der Waals surface area (Å²) >= 11 is 0. The quantitative estimate of drug-likeness (QED) is 0.811. The normalized spacial score (nSPS) is 22.1. The third kappa shape index (κ3) is 4.46. The summed E-state index contributed by atoms with van der Waals surface area (Å²) in [5, 5.41) is 9.24. The molecule has 1 aliphatic rings. The van der Waals surface area contributed by atoms with Crippen molar-refractivity contribution in [3.8, 4) is 0 Å². The first-order valence-corrected chi connectivity index (χ1v) is 10.3. The molecule has 1 amide bonds. The summed E-state index contributed by atoms with van der Waals surface area (Å²) < 4.78 is 6.19. The Morgan fingerprint density at radius 1 is 1.35 bits per heavy atom. The fourth-order valence-corrected chi connectivity index (χ4v) is 3.17. The Morgan fingerprint density at radius 2 is 1.95 bits per heavy atom. The van der Waals surface area contributed by atoms with Gasteiger partial charge in [-0.05, 0) is 25.1 Å². The minimum atomic E-state index is -1.67. The highest BCUT2D eigenvalue weighted by molar-refractivity contribution is 6.74. The SMILES string of the molecule is C[C@@H]1CN(C(=O)O)CCN1CCO[Si](C)(C)C(C)(C)C. The third-order valence-corrected chi connectivity index (χ3v) is 9.22. The zero-order valence-corrected chi connectivity index (χ0v) is 14.8. The van der Waals surface area contributed by atoms with E-state index in [0.29, 0.717) is 13.1 Å². The van der Waals surface area contributed by atoms with Crippen molar-refractivity contribution in [2.45, 2.75) is 51.9 Å². The van der Waals surface area contributed by atoms with Crippen LogP contribution in [0.5, 0.6) is 0 Å². The van der Waals surface area contributed by atoms with Crippen LogP contribution < -0.4 is 0 Å². The summed E-state index contributed by atoms with van der Waals surface area (Å²) in [6, 6.07) is 0.267. The number of nitrogens with zero attached hydrogens (tertiary/aromatic N) is 2. The van der Waals surface area contributed by atoms with Crippen LogP contribution in [0.25, 0.3) is 0 Å². The Morgan fingerprint density at radius 3 is 2.40 bits per heavy atom. The molecule has 0 aromatic heterocycles. The lowest BCUT2D eigenvalue weighted by atomic mass is 10.2. The zero-order chi connectivity index (χ0) is 15.6. The van der Waals surface area contributed by atoms with Gasteiger partial charge in [0.2, 0.25) is 0 Å². The minimum absolute atomic E-state index is 0.237. The molecule has 0 bridgehead atoms. The van der Waals surface area contributed by atoms with Gasteiger partial charge in [0.1, 0.15) is 0 Å². The van der Waals surface area contributed by atoms with E-state index in [1.807, 2.05) is 0 Å². The molecule has 5 nitrogen and oxygen atoms in total. The fraction of sp³-hybridized carbons (Fsp3) is 0.929. The number of carboxylic acid groups (broad SMARTS) is 1. The van der Waals surface area contributed by atoms with Crippen molar-refractivity contribution in [1.82, 2.24) is 9.80 Å². The van der Waals surface area contributed by atoms with Gasteiger partial charge in [-0.2, -0.15) is 0 Å². The van der Waals surface area contributed by atoms with E-state index >= 15 is 0 Å². The second kappa shape index (κ2) is 6.45. The van der Waals surface area contributed by atoms with Crippen LogP contribution in [0.3, 0.4) is 0 Å². The molecule has 118 valence electrons. The van der Waals surface area contributed by atoms with Gasteiger partial charge in [-0.15, -0.1) is 0 Å². The Kier molecular flexibility index (Phi) is 5.63. The van der Waals surface area contributed by atoms with Crippen LogP contribution in [0.4, 0.5) is 4.79 Å². The van der Waals surface area contributed by atoms with Gasteiger partial charge in [-0.3, -0.25) is 4.90 Å². The van der Waals surface area contributed by atoms with Crippen molar-refractivity contribution in [3.05, 3.63) is 0 Å². The van der Waals surface area contributed by atoms with Crippen LogP contribution >= 0.6 is 0 Å². The molecule has 0 aromatic carbocycles. The molecule has 1 saturated heterocycles. The van der Waals surface area contributed by atoms with Gasteiger partial charge >= 0.3 is 6.09 Å². The largest absolute Gasteiger partial charge is 0.465 e. The molecule has 6 heteroatoms. The number of carbonyl (C=O) groups is 1. The molecule has 0 radical (unpaired) electrons. The van der Waals surface area contributed by atoms with Crippen molar-refractivity contribution in [3.63, 3.8) is 0 Å². The molecule has 1 heterocycles. The van der Waals surface area contributed by atoms with Crippen LogP contribution in [0.15, 0.2) is 0 Å². The van der Waals surface area contributed by atoms with Crippen molar-refractivity contribution in [1.29, 1.82) is 0 Å². The second-order valence-electron chi connectivity index (χ2n) is 7.22. The first-order chi connectivity index (χ1) is 9.04. The number of hydrogen-bond donors (Lipinski definition) is 1. The Labute approximate surface area is 124 Å². The van der Waals surface area contributed by atoms with Gasteiger partial charge < -0.3 is 14.4 Å². The zero-order valence-electron chi connectivity index (χ0n) is 13.8. The number of rotatable bonds is 4. The maximum absolute atomic E-state index is 11.0. The number of piperazine rings is 1. The van der Waals surface area contributed by atoms with E-state index in [-0.39, 0.29) is 11.1 Å². The van der Waals surface area contributed by atoms with E-state index in [9.17, 15) is 4.79 Å². The van der Waals surface area contributed by atoms with Gasteiger partial charge in [-0.25, -0.2) is 4.79 Å². The highest BCUT2D eigenvalue weighted by Crippen LogP contribution is 2.36. The van der Waals surface area contributed by atoms with Crippen LogP contribution in [0.1, 0.15) is 27.7 Å². The number of amides is 1. The van der Waals surface area contributed by atoms with Gasteiger partial charge in [0, 0.05) is 38.8 Å². The molecule has 1 N–H and O–H groups in total. The molecule has 0 saturated carbocycles. The summed E-state index contributed by atoms with van der Waals surface area (Å²) in [5.41, 5.74) is 0. The first-order valence-electron chi connectivity index (χ1n) is 7.40. The topological polar surface area (TPSA) is 53.0 Å². The predicted octanol–water partition coefficient (Wildman–Crippen LogP) is 2.69. The lowest BCUT2D eigenvalue weighted by molar-refractivity contribution is 0.0659. The molecule has 1 rings (SSSR count). The third-order valence-electron chi connectivity index (χ3n) is 4.68. The summed E-state index contributed by atoms with van der Waals surface area (Å²) in [6.45, 7) is 17.0. The van der Waals surface area contributed by atoms with Crippen LogP contribution in [0.2, 0.25) is 18.1 Å². The van der Waals surface area contributed by atoms with Crippen molar-refractivity contribution >= 4 is 14.4 Å². The Hall–Kier alpha value is -0.593. The van der Waals surface area contributed by atoms with Gasteiger partial charge in [-0.1, -0.05) is 20.8 Å². The predicted molar refractivity (Wildman–Crippen MR) is 83.8 cm³/mol. The lowest BCUT2D eigenvalue weighted by Gasteiger charge is -2.40. The van der Waals surface area contributed by atoms with E-state index in [1.54, 1.807) is 0 Å². The molecule has 20 heavy (non-hydrogen) atoms. The van der Waals surface area contributed by atoms with E-state index < -0.39 is 14.4 Å². The molecular formula is C14H30N2O3Si. The highest BCUT2D eigenvalue weighted by atomic mass is 28.4. The van der Waals surface area contributed by atoms with E-state index in [4.69, 9.17) is 9.53 Å². The fourth-order valence-electron chi connectivity index (χ4n) is 2.14. The van der Waals surface area contributed by atoms with Gasteiger partial charge in [0.25, 0.3) is 0 Å². The maximum atomic E-state index is 11.0. The lowest BCUT2D eigenvalue weighted by Crippen LogP contribution is -2.54. The van der Waals surface area contributed by atoms with Crippen molar-refractivity contribution in [2.75, 3.05) is 32.8 Å². The summed E-state index contributed by atoms with van der Waals surface area (Å²) in [5.74, 6) is 0. The maximum Gasteiger partial charge on any atom is 0.407 e. The number of hydrogen-bond acceptors (Lipinski definition) is 3. The second-order valence-corrected chi connectivity index (χ2v) is 12.0. The van der Waals surface area contributed by atoms with E-state index in [0.717, 1.165) is 19.7 Å². The van der Waals surface area contributed by atoms with Crippen molar-refractivity contribution in [2.24, 2.45) is 0 Å². The van der Waals surface area contributed by atoms with Gasteiger partial charge in [0.05, 0.1) is 0 Å². The molecule has 1 fully saturated rings. The summed E-state index contributed by atoms with van der Waals surface area (Å²) in [6.07, 6.45) is -0.811.